The van der Waals surface area contributed by atoms with Crippen LogP contribution in [0.2, 0.25) is 0 Å². The van der Waals surface area contributed by atoms with E-state index < -0.39 is 11.7 Å². The van der Waals surface area contributed by atoms with E-state index in [1.54, 1.807) is 0 Å². The quantitative estimate of drug-likeness (QED) is 0.622. The summed E-state index contributed by atoms with van der Waals surface area (Å²) in [5, 5.41) is 0. The van der Waals surface area contributed by atoms with Gasteiger partial charge >= 0.3 is 5.91 Å². The molecule has 0 unspecified atom stereocenters. The molecule has 1 heterocycles. The number of nitrogens with two attached hydrogens (primary N) is 1. The molecule has 1 aromatic heterocycles. The number of amides is 1. The number of carbonyl (C=O) groups is 1. The number of rotatable bonds is 3. The summed E-state index contributed by atoms with van der Waals surface area (Å²) >= 11 is 0. The largest absolute Gasteiger partial charge is 0.399 e. The van der Waals surface area contributed by atoms with Gasteiger partial charge in [-0.2, -0.15) is 5.48 Å². The predicted molar refractivity (Wildman–Crippen MR) is 60.9 cm³/mol. The molecule has 3 N–H and O–H groups in total. The molecule has 0 radical (unpaired) electrons. The van der Waals surface area contributed by atoms with Crippen molar-refractivity contribution in [2.45, 2.75) is 0 Å². The molecule has 0 fully saturated rings. The van der Waals surface area contributed by atoms with Gasteiger partial charge in [0.25, 0.3) is 0 Å². The Kier molecular flexibility index (Phi) is 3.33. The molecule has 92 valence electrons. The molecule has 0 bridgehead atoms. The van der Waals surface area contributed by atoms with Crippen LogP contribution in [0, 0.1) is 5.82 Å². The second kappa shape index (κ2) is 5.09. The van der Waals surface area contributed by atoms with Crippen LogP contribution in [-0.4, -0.2) is 15.9 Å². The second-order valence-electron chi connectivity index (χ2n) is 3.32. The summed E-state index contributed by atoms with van der Waals surface area (Å²) in [4.78, 5) is 23.7. The molecular weight excluding hydrogens is 239 g/mol. The molecular formula is C11H9FN4O2. The van der Waals surface area contributed by atoms with Crippen molar-refractivity contribution in [3.63, 3.8) is 0 Å². The Morgan fingerprint density at radius 2 is 2.22 bits per heavy atom. The van der Waals surface area contributed by atoms with Crippen molar-refractivity contribution in [3.05, 3.63) is 48.3 Å². The van der Waals surface area contributed by atoms with Crippen LogP contribution in [-0.2, 0) is 0 Å². The molecule has 0 aliphatic heterocycles. The molecule has 0 atom stereocenters. The Balaban J connectivity index is 2.02. The summed E-state index contributed by atoms with van der Waals surface area (Å²) in [7, 11) is 0. The van der Waals surface area contributed by atoms with E-state index in [-0.39, 0.29) is 17.1 Å². The van der Waals surface area contributed by atoms with Crippen molar-refractivity contribution < 1.29 is 14.0 Å². The lowest BCUT2D eigenvalue weighted by molar-refractivity contribution is 0.0746. The van der Waals surface area contributed by atoms with Gasteiger partial charge in [-0.15, -0.1) is 0 Å². The SMILES string of the molecule is Nc1ccc(ONC(=O)c2ccncn2)c(F)c1. The number of benzene rings is 1. The summed E-state index contributed by atoms with van der Waals surface area (Å²) < 4.78 is 13.3. The molecule has 1 amide bonds. The van der Waals surface area contributed by atoms with Crippen molar-refractivity contribution in [2.75, 3.05) is 5.73 Å². The fourth-order valence-electron chi connectivity index (χ4n) is 1.18. The molecule has 0 saturated heterocycles. The summed E-state index contributed by atoms with van der Waals surface area (Å²) in [5.74, 6) is -1.40. The van der Waals surface area contributed by atoms with E-state index in [0.717, 1.165) is 6.07 Å². The first-order valence-corrected chi connectivity index (χ1v) is 4.95. The summed E-state index contributed by atoms with van der Waals surface area (Å²) in [6.45, 7) is 0. The van der Waals surface area contributed by atoms with Gasteiger partial charge in [0.1, 0.15) is 12.0 Å². The number of aromatic nitrogens is 2. The van der Waals surface area contributed by atoms with Gasteiger partial charge in [-0.1, -0.05) is 0 Å². The first kappa shape index (κ1) is 11.8. The maximum absolute atomic E-state index is 13.3. The van der Waals surface area contributed by atoms with Crippen molar-refractivity contribution in [3.8, 4) is 5.75 Å². The van der Waals surface area contributed by atoms with Crippen molar-refractivity contribution >= 4 is 11.6 Å². The first-order valence-electron chi connectivity index (χ1n) is 4.95. The minimum Gasteiger partial charge on any atom is -0.399 e. The summed E-state index contributed by atoms with van der Waals surface area (Å²) in [6.07, 6.45) is 2.63. The number of hydrogen-bond donors (Lipinski definition) is 2. The van der Waals surface area contributed by atoms with Crippen LogP contribution in [0.4, 0.5) is 10.1 Å². The lowest BCUT2D eigenvalue weighted by atomic mass is 10.3. The molecule has 0 spiro atoms. The van der Waals surface area contributed by atoms with Crippen LogP contribution in [0.5, 0.6) is 5.75 Å². The van der Waals surface area contributed by atoms with Crippen LogP contribution in [0.15, 0.2) is 36.8 Å². The van der Waals surface area contributed by atoms with Crippen LogP contribution < -0.4 is 16.1 Å². The summed E-state index contributed by atoms with van der Waals surface area (Å²) in [6, 6.07) is 5.25. The van der Waals surface area contributed by atoms with Gasteiger partial charge in [0.2, 0.25) is 0 Å². The highest BCUT2D eigenvalue weighted by molar-refractivity contribution is 5.91. The van der Waals surface area contributed by atoms with Crippen LogP contribution in [0.25, 0.3) is 0 Å². The number of anilines is 1. The third kappa shape index (κ3) is 2.70. The van der Waals surface area contributed by atoms with E-state index in [1.165, 1.54) is 30.7 Å². The zero-order valence-corrected chi connectivity index (χ0v) is 9.13. The second-order valence-corrected chi connectivity index (χ2v) is 3.32. The standard InChI is InChI=1S/C11H9FN4O2/c12-8-5-7(13)1-2-10(8)18-16-11(17)9-3-4-14-6-15-9/h1-6H,13H2,(H,16,17). The maximum Gasteiger partial charge on any atom is 0.302 e. The normalized spacial score (nSPS) is 9.83. The summed E-state index contributed by atoms with van der Waals surface area (Å²) in [5.41, 5.74) is 7.82. The van der Waals surface area contributed by atoms with E-state index >= 15 is 0 Å². The zero-order chi connectivity index (χ0) is 13.0. The highest BCUT2D eigenvalue weighted by Crippen LogP contribution is 2.18. The first-order chi connectivity index (χ1) is 8.66. The minimum atomic E-state index is -0.669. The zero-order valence-electron chi connectivity index (χ0n) is 9.13. The Bertz CT molecular complexity index is 562. The smallest absolute Gasteiger partial charge is 0.302 e. The Labute approximate surface area is 102 Å². The Morgan fingerprint density at radius 3 is 2.89 bits per heavy atom. The van der Waals surface area contributed by atoms with Crippen LogP contribution in [0.3, 0.4) is 0 Å². The fourth-order valence-corrected chi connectivity index (χ4v) is 1.18. The van der Waals surface area contributed by atoms with Crippen LogP contribution >= 0.6 is 0 Å². The van der Waals surface area contributed by atoms with Crippen molar-refractivity contribution in [1.29, 1.82) is 0 Å². The average molecular weight is 248 g/mol. The monoisotopic (exact) mass is 248 g/mol. The van der Waals surface area contributed by atoms with E-state index in [0.29, 0.717) is 0 Å². The van der Waals surface area contributed by atoms with Gasteiger partial charge in [-0.25, -0.2) is 14.4 Å². The van der Waals surface area contributed by atoms with Crippen LogP contribution in [0.1, 0.15) is 10.5 Å². The van der Waals surface area contributed by atoms with Gasteiger partial charge in [-0.3, -0.25) is 4.79 Å². The number of hydrogen-bond acceptors (Lipinski definition) is 5. The molecule has 18 heavy (non-hydrogen) atoms. The molecule has 2 rings (SSSR count). The third-order valence-corrected chi connectivity index (χ3v) is 2.02. The van der Waals surface area contributed by atoms with Gasteiger partial charge in [0, 0.05) is 18.0 Å². The number of carbonyl (C=O) groups excluding carboxylic acids is 1. The van der Waals surface area contributed by atoms with Gasteiger partial charge in [0.15, 0.2) is 11.6 Å². The average Bonchev–Trinajstić information content (AvgIpc) is 2.38. The molecule has 0 saturated carbocycles. The van der Waals surface area contributed by atoms with E-state index in [4.69, 9.17) is 10.6 Å². The molecule has 2 aromatic rings. The van der Waals surface area contributed by atoms with E-state index in [2.05, 4.69) is 15.4 Å². The van der Waals surface area contributed by atoms with Crippen molar-refractivity contribution in [1.82, 2.24) is 15.4 Å². The molecule has 6 nitrogen and oxygen atoms in total. The minimum absolute atomic E-state index is 0.112. The van der Waals surface area contributed by atoms with E-state index in [9.17, 15) is 9.18 Å². The Morgan fingerprint density at radius 1 is 1.39 bits per heavy atom. The number of nitrogen functional groups attached to an aromatic ring is 1. The predicted octanol–water partition coefficient (Wildman–Crippen LogP) is 0.922. The lowest BCUT2D eigenvalue weighted by Gasteiger charge is -2.07. The fraction of sp³-hybridized carbons (Fsp3) is 0. The van der Waals surface area contributed by atoms with Crippen molar-refractivity contribution in [2.24, 2.45) is 0 Å². The number of hydroxylamine groups is 1. The molecule has 0 aliphatic carbocycles. The topological polar surface area (TPSA) is 90.1 Å². The number of nitrogens with one attached hydrogen (secondary N) is 1. The lowest BCUT2D eigenvalue weighted by Crippen LogP contribution is -2.28. The highest BCUT2D eigenvalue weighted by Gasteiger charge is 2.09. The van der Waals surface area contributed by atoms with E-state index in [1.807, 2.05) is 0 Å². The molecule has 0 aliphatic rings. The third-order valence-electron chi connectivity index (χ3n) is 2.02. The molecule has 1 aromatic carbocycles. The Hall–Kier alpha value is -2.70. The number of nitrogens with zero attached hydrogens (tertiary/aromatic N) is 2. The highest BCUT2D eigenvalue weighted by atomic mass is 19.1. The number of halogens is 1. The molecule has 7 heteroatoms. The van der Waals surface area contributed by atoms with Gasteiger partial charge in [0.05, 0.1) is 0 Å². The van der Waals surface area contributed by atoms with Gasteiger partial charge < -0.3 is 10.6 Å². The van der Waals surface area contributed by atoms with Gasteiger partial charge in [-0.05, 0) is 18.2 Å². The maximum atomic E-state index is 13.3.